The highest BCUT2D eigenvalue weighted by atomic mass is 35.5. The Morgan fingerprint density at radius 2 is 2.18 bits per heavy atom. The van der Waals surface area contributed by atoms with Crippen molar-refractivity contribution in [1.82, 2.24) is 4.90 Å². The van der Waals surface area contributed by atoms with Gasteiger partial charge in [-0.05, 0) is 25.5 Å². The summed E-state index contributed by atoms with van der Waals surface area (Å²) in [6.45, 7) is 4.56. The van der Waals surface area contributed by atoms with Crippen LogP contribution in [0, 0.1) is 11.3 Å². The normalized spacial score (nSPS) is 11.6. The number of nitrogens with zero attached hydrogens (tertiary/aromatic N) is 2. The summed E-state index contributed by atoms with van der Waals surface area (Å²) in [6.07, 6.45) is 0. The van der Waals surface area contributed by atoms with E-state index in [4.69, 9.17) is 16.9 Å². The van der Waals surface area contributed by atoms with Crippen LogP contribution in [0.1, 0.15) is 25.0 Å². The van der Waals surface area contributed by atoms with Gasteiger partial charge in [-0.2, -0.15) is 5.26 Å². The van der Waals surface area contributed by atoms with Gasteiger partial charge in [-0.15, -0.1) is 11.6 Å². The Bertz CT molecular complexity index is 437. The molecule has 0 heterocycles. The molecule has 0 aliphatic heterocycles. The van der Waals surface area contributed by atoms with Crippen LogP contribution in [0.2, 0.25) is 0 Å². The van der Waals surface area contributed by atoms with E-state index in [0.29, 0.717) is 18.7 Å². The van der Waals surface area contributed by atoms with Crippen LogP contribution in [-0.4, -0.2) is 22.7 Å². The zero-order chi connectivity index (χ0) is 12.8. The monoisotopic (exact) mass is 250 g/mol. The SMILES string of the molecule is CCN(Cc1ccccc1C#N)C(=O)C(C)Cl. The van der Waals surface area contributed by atoms with E-state index >= 15 is 0 Å². The van der Waals surface area contributed by atoms with Crippen LogP contribution in [0.3, 0.4) is 0 Å². The van der Waals surface area contributed by atoms with E-state index in [2.05, 4.69) is 6.07 Å². The van der Waals surface area contributed by atoms with Gasteiger partial charge in [0.25, 0.3) is 0 Å². The second-order valence-corrected chi connectivity index (χ2v) is 4.39. The molecule has 1 aromatic rings. The summed E-state index contributed by atoms with van der Waals surface area (Å²) >= 11 is 5.79. The average Bonchev–Trinajstić information content (AvgIpc) is 2.35. The van der Waals surface area contributed by atoms with Crippen LogP contribution in [-0.2, 0) is 11.3 Å². The third kappa shape index (κ3) is 3.47. The summed E-state index contributed by atoms with van der Waals surface area (Å²) in [5.74, 6) is -0.109. The molecule has 0 saturated carbocycles. The molecule has 3 nitrogen and oxygen atoms in total. The summed E-state index contributed by atoms with van der Waals surface area (Å²) in [6, 6.07) is 9.39. The Morgan fingerprint density at radius 1 is 1.53 bits per heavy atom. The number of rotatable bonds is 4. The minimum absolute atomic E-state index is 0.109. The van der Waals surface area contributed by atoms with Crippen molar-refractivity contribution >= 4 is 17.5 Å². The molecule has 0 radical (unpaired) electrons. The lowest BCUT2D eigenvalue weighted by atomic mass is 10.1. The fourth-order valence-corrected chi connectivity index (χ4v) is 1.71. The maximum atomic E-state index is 11.8. The fourth-order valence-electron chi connectivity index (χ4n) is 1.57. The van der Waals surface area contributed by atoms with Gasteiger partial charge in [-0.3, -0.25) is 4.79 Å². The first-order chi connectivity index (χ1) is 8.10. The van der Waals surface area contributed by atoms with Gasteiger partial charge in [0.05, 0.1) is 11.6 Å². The van der Waals surface area contributed by atoms with Gasteiger partial charge >= 0.3 is 0 Å². The molecule has 0 N–H and O–H groups in total. The van der Waals surface area contributed by atoms with Crippen LogP contribution >= 0.6 is 11.6 Å². The summed E-state index contributed by atoms with van der Waals surface area (Å²) in [7, 11) is 0. The number of carbonyl (C=O) groups is 1. The van der Waals surface area contributed by atoms with Crippen molar-refractivity contribution in [3.8, 4) is 6.07 Å². The number of nitriles is 1. The molecular weight excluding hydrogens is 236 g/mol. The van der Waals surface area contributed by atoms with Crippen molar-refractivity contribution in [2.75, 3.05) is 6.54 Å². The number of amides is 1. The van der Waals surface area contributed by atoms with E-state index in [1.54, 1.807) is 17.9 Å². The van der Waals surface area contributed by atoms with Gasteiger partial charge in [0.1, 0.15) is 5.38 Å². The lowest BCUT2D eigenvalue weighted by Crippen LogP contribution is -2.35. The smallest absolute Gasteiger partial charge is 0.240 e. The standard InChI is InChI=1S/C13H15ClN2O/c1-3-16(13(17)10(2)14)9-12-7-5-4-6-11(12)8-15/h4-7,10H,3,9H2,1-2H3. The van der Waals surface area contributed by atoms with E-state index in [9.17, 15) is 4.79 Å². The lowest BCUT2D eigenvalue weighted by Gasteiger charge is -2.22. The minimum Gasteiger partial charge on any atom is -0.337 e. The highest BCUT2D eigenvalue weighted by molar-refractivity contribution is 6.30. The molecule has 0 bridgehead atoms. The first-order valence-electron chi connectivity index (χ1n) is 5.51. The lowest BCUT2D eigenvalue weighted by molar-refractivity contribution is -0.130. The third-order valence-electron chi connectivity index (χ3n) is 2.53. The Morgan fingerprint density at radius 3 is 2.71 bits per heavy atom. The van der Waals surface area contributed by atoms with Crippen LogP contribution in [0.5, 0.6) is 0 Å². The topological polar surface area (TPSA) is 44.1 Å². The summed E-state index contributed by atoms with van der Waals surface area (Å²) < 4.78 is 0. The number of benzene rings is 1. The van der Waals surface area contributed by atoms with Gasteiger partial charge in [-0.25, -0.2) is 0 Å². The maximum Gasteiger partial charge on any atom is 0.240 e. The molecule has 4 heteroatoms. The highest BCUT2D eigenvalue weighted by Crippen LogP contribution is 2.12. The van der Waals surface area contributed by atoms with E-state index in [-0.39, 0.29) is 5.91 Å². The Labute approximate surface area is 107 Å². The molecule has 0 aromatic heterocycles. The quantitative estimate of drug-likeness (QED) is 0.771. The molecule has 1 amide bonds. The van der Waals surface area contributed by atoms with Crippen LogP contribution in [0.4, 0.5) is 0 Å². The fraction of sp³-hybridized carbons (Fsp3) is 0.385. The van der Waals surface area contributed by atoms with Crippen molar-refractivity contribution in [3.63, 3.8) is 0 Å². The summed E-state index contributed by atoms with van der Waals surface area (Å²) in [5.41, 5.74) is 1.45. The molecule has 90 valence electrons. The predicted octanol–water partition coefficient (Wildman–Crippen LogP) is 2.53. The Kier molecular flexibility index (Phi) is 4.99. The molecule has 1 unspecified atom stereocenters. The minimum atomic E-state index is -0.538. The van der Waals surface area contributed by atoms with Crippen LogP contribution < -0.4 is 0 Å². The molecule has 0 aliphatic carbocycles. The first-order valence-corrected chi connectivity index (χ1v) is 5.94. The molecular formula is C13H15ClN2O. The number of carbonyl (C=O) groups excluding carboxylic acids is 1. The Balaban J connectivity index is 2.89. The molecule has 0 fully saturated rings. The van der Waals surface area contributed by atoms with Gasteiger partial charge in [0, 0.05) is 13.1 Å². The van der Waals surface area contributed by atoms with Gasteiger partial charge < -0.3 is 4.90 Å². The molecule has 1 rings (SSSR count). The second kappa shape index (κ2) is 6.27. The second-order valence-electron chi connectivity index (χ2n) is 3.74. The van der Waals surface area contributed by atoms with Crippen molar-refractivity contribution in [1.29, 1.82) is 5.26 Å². The van der Waals surface area contributed by atoms with Crippen LogP contribution in [0.15, 0.2) is 24.3 Å². The Hall–Kier alpha value is -1.53. The zero-order valence-corrected chi connectivity index (χ0v) is 10.7. The predicted molar refractivity (Wildman–Crippen MR) is 67.6 cm³/mol. The maximum absolute atomic E-state index is 11.8. The van der Waals surface area contributed by atoms with E-state index < -0.39 is 5.38 Å². The largest absolute Gasteiger partial charge is 0.337 e. The number of alkyl halides is 1. The van der Waals surface area contributed by atoms with Crippen molar-refractivity contribution in [2.24, 2.45) is 0 Å². The molecule has 0 spiro atoms. The van der Waals surface area contributed by atoms with Crippen molar-refractivity contribution in [2.45, 2.75) is 25.8 Å². The zero-order valence-electron chi connectivity index (χ0n) is 9.98. The van der Waals surface area contributed by atoms with Gasteiger partial charge in [0.2, 0.25) is 5.91 Å². The van der Waals surface area contributed by atoms with Gasteiger partial charge in [0.15, 0.2) is 0 Å². The highest BCUT2D eigenvalue weighted by Gasteiger charge is 2.18. The third-order valence-corrected chi connectivity index (χ3v) is 2.72. The summed E-state index contributed by atoms with van der Waals surface area (Å²) in [4.78, 5) is 13.4. The molecule has 17 heavy (non-hydrogen) atoms. The van der Waals surface area contributed by atoms with Crippen molar-refractivity contribution in [3.05, 3.63) is 35.4 Å². The van der Waals surface area contributed by atoms with E-state index in [1.165, 1.54) is 0 Å². The van der Waals surface area contributed by atoms with Crippen LogP contribution in [0.25, 0.3) is 0 Å². The molecule has 0 aliphatic rings. The number of halogens is 1. The number of hydrogen-bond acceptors (Lipinski definition) is 2. The number of hydrogen-bond donors (Lipinski definition) is 0. The van der Waals surface area contributed by atoms with E-state index in [1.807, 2.05) is 25.1 Å². The van der Waals surface area contributed by atoms with Gasteiger partial charge in [-0.1, -0.05) is 18.2 Å². The average molecular weight is 251 g/mol. The molecule has 1 aromatic carbocycles. The molecule has 1 atom stereocenters. The van der Waals surface area contributed by atoms with E-state index in [0.717, 1.165) is 5.56 Å². The molecule has 0 saturated heterocycles. The first kappa shape index (κ1) is 13.5. The summed E-state index contributed by atoms with van der Waals surface area (Å²) in [5, 5.41) is 8.43. The van der Waals surface area contributed by atoms with Crippen molar-refractivity contribution < 1.29 is 4.79 Å².